The summed E-state index contributed by atoms with van der Waals surface area (Å²) in [4.78, 5) is 33.8. The van der Waals surface area contributed by atoms with Crippen LogP contribution in [0.25, 0.3) is 0 Å². The van der Waals surface area contributed by atoms with Crippen molar-refractivity contribution in [2.45, 2.75) is 18.9 Å². The summed E-state index contributed by atoms with van der Waals surface area (Å²) in [5, 5.41) is 29.8. The van der Waals surface area contributed by atoms with Gasteiger partial charge in [0.15, 0.2) is 0 Å². The van der Waals surface area contributed by atoms with Gasteiger partial charge >= 0.3 is 5.97 Å². The number of nitrogens with two attached hydrogens (primary N) is 1. The summed E-state index contributed by atoms with van der Waals surface area (Å²) in [5.41, 5.74) is 4.20. The molecule has 0 saturated heterocycles. The van der Waals surface area contributed by atoms with Gasteiger partial charge in [0.1, 0.15) is 17.9 Å². The van der Waals surface area contributed by atoms with Crippen molar-refractivity contribution in [2.24, 2.45) is 5.73 Å². The zero-order chi connectivity index (χ0) is 14.6. The number of rotatable bonds is 6. The average Bonchev–Trinajstić information content (AvgIpc) is 2.35. The van der Waals surface area contributed by atoms with Gasteiger partial charge in [0.2, 0.25) is 0 Å². The Kier molecular flexibility index (Phi) is 4.42. The van der Waals surface area contributed by atoms with E-state index in [1.807, 2.05) is 0 Å². The normalized spacial score (nSPS) is 11.8. The predicted molar refractivity (Wildman–Crippen MR) is 61.5 cm³/mol. The third-order valence-electron chi connectivity index (χ3n) is 2.35. The van der Waals surface area contributed by atoms with Crippen LogP contribution < -0.4 is 5.73 Å². The number of hydrogen-bond acceptors (Lipinski definition) is 7. The third-order valence-corrected chi connectivity index (χ3v) is 2.35. The molecule has 0 radical (unpaired) electrons. The molecule has 1 atom stereocenters. The van der Waals surface area contributed by atoms with E-state index < -0.39 is 33.2 Å². The molecule has 0 aromatic carbocycles. The molecule has 3 N–H and O–H groups in total. The SMILES string of the molecule is NC(CCc1ncc([N+](=O)[O-])cc1[N+](=O)[O-])C(=O)O. The molecule has 0 bridgehead atoms. The molecule has 0 aliphatic heterocycles. The Morgan fingerprint density at radius 3 is 2.53 bits per heavy atom. The third kappa shape index (κ3) is 3.67. The molecule has 1 aromatic rings. The second kappa shape index (κ2) is 5.82. The number of carbonyl (C=O) groups is 1. The first kappa shape index (κ1) is 14.4. The maximum absolute atomic E-state index is 10.8. The van der Waals surface area contributed by atoms with Crippen molar-refractivity contribution in [3.05, 3.63) is 38.2 Å². The highest BCUT2D eigenvalue weighted by Gasteiger charge is 2.22. The summed E-state index contributed by atoms with van der Waals surface area (Å²) in [6.45, 7) is 0. The van der Waals surface area contributed by atoms with Crippen molar-refractivity contribution >= 4 is 17.3 Å². The standard InChI is InChI=1S/C9H10N4O6/c10-6(9(14)15)1-2-7-8(13(18)19)3-5(4-11-7)12(16)17/h3-4,6H,1-2,10H2,(H,14,15). The van der Waals surface area contributed by atoms with E-state index in [2.05, 4.69) is 4.98 Å². The van der Waals surface area contributed by atoms with Crippen molar-refractivity contribution in [1.82, 2.24) is 4.98 Å². The number of aliphatic carboxylic acids is 1. The lowest BCUT2D eigenvalue weighted by molar-refractivity contribution is -0.395. The van der Waals surface area contributed by atoms with E-state index in [1.54, 1.807) is 0 Å². The Morgan fingerprint density at radius 2 is 2.05 bits per heavy atom. The number of hydrogen-bond donors (Lipinski definition) is 2. The van der Waals surface area contributed by atoms with Gasteiger partial charge in [-0.1, -0.05) is 0 Å². The van der Waals surface area contributed by atoms with Gasteiger partial charge in [-0.05, 0) is 12.8 Å². The number of nitrogens with zero attached hydrogens (tertiary/aromatic N) is 3. The Hall–Kier alpha value is -2.62. The maximum Gasteiger partial charge on any atom is 0.320 e. The topological polar surface area (TPSA) is 162 Å². The van der Waals surface area contributed by atoms with Gasteiger partial charge in [-0.3, -0.25) is 25.0 Å². The van der Waals surface area contributed by atoms with Crippen LogP contribution in [0, 0.1) is 20.2 Å². The van der Waals surface area contributed by atoms with Crippen molar-refractivity contribution in [2.75, 3.05) is 0 Å². The quantitative estimate of drug-likeness (QED) is 0.548. The molecule has 1 unspecified atom stereocenters. The monoisotopic (exact) mass is 270 g/mol. The highest BCUT2D eigenvalue weighted by Crippen LogP contribution is 2.23. The molecule has 0 aliphatic carbocycles. The molecule has 0 amide bonds. The summed E-state index contributed by atoms with van der Waals surface area (Å²) >= 11 is 0. The van der Waals surface area contributed by atoms with Crippen LogP contribution in [-0.2, 0) is 11.2 Å². The van der Waals surface area contributed by atoms with E-state index in [0.717, 1.165) is 12.3 Å². The van der Waals surface area contributed by atoms with Crippen LogP contribution in [0.3, 0.4) is 0 Å². The van der Waals surface area contributed by atoms with Crippen LogP contribution in [0.5, 0.6) is 0 Å². The minimum atomic E-state index is -1.23. The molecule has 0 fully saturated rings. The lowest BCUT2D eigenvalue weighted by atomic mass is 10.1. The number of aryl methyl sites for hydroxylation is 1. The Balaban J connectivity index is 2.97. The number of carboxylic acid groups (broad SMARTS) is 1. The van der Waals surface area contributed by atoms with E-state index in [4.69, 9.17) is 10.8 Å². The fourth-order valence-electron chi connectivity index (χ4n) is 1.34. The van der Waals surface area contributed by atoms with Crippen LogP contribution in [-0.4, -0.2) is 31.9 Å². The van der Waals surface area contributed by atoms with E-state index in [1.165, 1.54) is 0 Å². The summed E-state index contributed by atoms with van der Waals surface area (Å²) in [7, 11) is 0. The van der Waals surface area contributed by atoms with Crippen LogP contribution in [0.15, 0.2) is 12.3 Å². The summed E-state index contributed by atoms with van der Waals surface area (Å²) in [5.74, 6) is -1.23. The lowest BCUT2D eigenvalue weighted by Gasteiger charge is -2.05. The molecule has 1 heterocycles. The van der Waals surface area contributed by atoms with E-state index >= 15 is 0 Å². The second-order valence-electron chi connectivity index (χ2n) is 3.66. The molecular weight excluding hydrogens is 260 g/mol. The molecule has 1 aromatic heterocycles. The van der Waals surface area contributed by atoms with Gasteiger partial charge in [-0.25, -0.2) is 4.98 Å². The minimum absolute atomic E-state index is 0.0349. The number of carboxylic acids is 1. The van der Waals surface area contributed by atoms with Gasteiger partial charge in [-0.2, -0.15) is 0 Å². The summed E-state index contributed by atoms with van der Waals surface area (Å²) < 4.78 is 0. The fraction of sp³-hybridized carbons (Fsp3) is 0.333. The first-order chi connectivity index (χ1) is 8.82. The first-order valence-electron chi connectivity index (χ1n) is 5.09. The van der Waals surface area contributed by atoms with Gasteiger partial charge in [0.25, 0.3) is 11.4 Å². The van der Waals surface area contributed by atoms with Gasteiger partial charge in [-0.15, -0.1) is 0 Å². The molecule has 10 nitrogen and oxygen atoms in total. The molecular formula is C9H10N4O6. The van der Waals surface area contributed by atoms with Crippen LogP contribution in [0.2, 0.25) is 0 Å². The van der Waals surface area contributed by atoms with E-state index in [9.17, 15) is 25.0 Å². The lowest BCUT2D eigenvalue weighted by Crippen LogP contribution is -2.30. The number of aromatic nitrogens is 1. The molecule has 19 heavy (non-hydrogen) atoms. The van der Waals surface area contributed by atoms with Crippen molar-refractivity contribution in [1.29, 1.82) is 0 Å². The molecule has 0 aliphatic rings. The fourth-order valence-corrected chi connectivity index (χ4v) is 1.34. The Labute approximate surface area is 106 Å². The van der Waals surface area contributed by atoms with Crippen LogP contribution in [0.1, 0.15) is 12.1 Å². The van der Waals surface area contributed by atoms with Crippen LogP contribution in [0.4, 0.5) is 11.4 Å². The number of pyridine rings is 1. The predicted octanol–water partition coefficient (Wildman–Crippen LogP) is 0.242. The second-order valence-corrected chi connectivity index (χ2v) is 3.66. The average molecular weight is 270 g/mol. The van der Waals surface area contributed by atoms with Gasteiger partial charge < -0.3 is 10.8 Å². The largest absolute Gasteiger partial charge is 0.480 e. The molecule has 0 saturated carbocycles. The van der Waals surface area contributed by atoms with Gasteiger partial charge in [0.05, 0.1) is 15.9 Å². The van der Waals surface area contributed by atoms with E-state index in [0.29, 0.717) is 0 Å². The van der Waals surface area contributed by atoms with Crippen LogP contribution >= 0.6 is 0 Å². The van der Waals surface area contributed by atoms with E-state index in [-0.39, 0.29) is 18.5 Å². The number of nitro groups is 2. The van der Waals surface area contributed by atoms with Crippen molar-refractivity contribution < 1.29 is 19.7 Å². The summed E-state index contributed by atoms with van der Waals surface area (Å²) in [6, 6.07) is -0.383. The van der Waals surface area contributed by atoms with Crippen molar-refractivity contribution in [3.8, 4) is 0 Å². The Bertz CT molecular complexity index is 531. The minimum Gasteiger partial charge on any atom is -0.480 e. The van der Waals surface area contributed by atoms with Crippen molar-refractivity contribution in [3.63, 3.8) is 0 Å². The first-order valence-corrected chi connectivity index (χ1v) is 5.09. The highest BCUT2D eigenvalue weighted by molar-refractivity contribution is 5.73. The molecule has 1 rings (SSSR count). The zero-order valence-corrected chi connectivity index (χ0v) is 9.55. The smallest absolute Gasteiger partial charge is 0.320 e. The Morgan fingerprint density at radius 1 is 1.42 bits per heavy atom. The molecule has 102 valence electrons. The maximum atomic E-state index is 10.8. The zero-order valence-electron chi connectivity index (χ0n) is 9.55. The van der Waals surface area contributed by atoms with Gasteiger partial charge in [0, 0.05) is 0 Å². The highest BCUT2D eigenvalue weighted by atomic mass is 16.6. The molecule has 0 spiro atoms. The summed E-state index contributed by atoms with van der Waals surface area (Å²) in [6.07, 6.45) is 0.775. The molecule has 10 heteroatoms.